The molecule has 0 N–H and O–H groups in total. The molecule has 1 atom stereocenters. The van der Waals surface area contributed by atoms with E-state index in [0.29, 0.717) is 24.2 Å². The summed E-state index contributed by atoms with van der Waals surface area (Å²) < 4.78 is 10.5. The number of ketones is 1. The molecule has 0 aliphatic heterocycles. The van der Waals surface area contributed by atoms with E-state index in [0.717, 1.165) is 9.79 Å². The molecule has 0 radical (unpaired) electrons. The van der Waals surface area contributed by atoms with Crippen molar-refractivity contribution in [1.29, 1.82) is 0 Å². The summed E-state index contributed by atoms with van der Waals surface area (Å²) in [6.07, 6.45) is 1.36. The van der Waals surface area contributed by atoms with E-state index in [1.165, 1.54) is 30.8 Å². The van der Waals surface area contributed by atoms with E-state index in [1.807, 2.05) is 32.9 Å². The zero-order chi connectivity index (χ0) is 29.1. The maximum absolute atomic E-state index is 12.8. The van der Waals surface area contributed by atoms with Crippen LogP contribution >= 0.6 is 11.8 Å². The molecule has 0 saturated carbocycles. The standard InChI is InChI=1S/C31H31NO7S/c1-5-19-37-30(35)26-9-7-8-10-27(26)31(36)39-32-21(4)28(33)22-11-15-24(16-12-22)40-25-17-13-23(14-18-25)38-29(34)20(3)6-2/h7-18,20H,5-6,19H2,1-4H3/b32-21+. The lowest BCUT2D eigenvalue weighted by molar-refractivity contribution is -0.138. The molecule has 3 rings (SSSR count). The van der Waals surface area contributed by atoms with Crippen molar-refractivity contribution >= 4 is 41.2 Å². The fraction of sp³-hybridized carbons (Fsp3) is 0.258. The first-order valence-corrected chi connectivity index (χ1v) is 13.7. The molecule has 0 amide bonds. The summed E-state index contributed by atoms with van der Waals surface area (Å²) in [5, 5.41) is 3.70. The highest BCUT2D eigenvalue weighted by molar-refractivity contribution is 7.99. The third kappa shape index (κ3) is 8.38. The van der Waals surface area contributed by atoms with Crippen LogP contribution in [0.1, 0.15) is 71.6 Å². The summed E-state index contributed by atoms with van der Waals surface area (Å²) in [5.74, 6) is -1.84. The van der Waals surface area contributed by atoms with Gasteiger partial charge >= 0.3 is 17.9 Å². The Morgan fingerprint density at radius 2 is 1.40 bits per heavy atom. The van der Waals surface area contributed by atoms with Crippen molar-refractivity contribution in [3.8, 4) is 5.75 Å². The Morgan fingerprint density at radius 1 is 0.825 bits per heavy atom. The lowest BCUT2D eigenvalue weighted by atomic mass is 10.1. The molecule has 0 aromatic heterocycles. The van der Waals surface area contributed by atoms with Gasteiger partial charge < -0.3 is 14.3 Å². The van der Waals surface area contributed by atoms with E-state index < -0.39 is 17.7 Å². The SMILES string of the molecule is CCCOC(=O)c1ccccc1C(=O)O/N=C(\C)C(=O)c1ccc(Sc2ccc(OC(=O)C(C)CC)cc2)cc1. The van der Waals surface area contributed by atoms with Crippen molar-refractivity contribution in [1.82, 2.24) is 0 Å². The number of carbonyl (C=O) groups is 4. The largest absolute Gasteiger partial charge is 0.462 e. The second kappa shape index (κ2) is 14.8. The maximum atomic E-state index is 12.8. The number of Topliss-reactive ketones (excluding diaryl/α,β-unsaturated/α-hetero) is 1. The molecule has 208 valence electrons. The number of nitrogens with zero attached hydrogens (tertiary/aromatic N) is 1. The third-order valence-electron chi connectivity index (χ3n) is 5.81. The summed E-state index contributed by atoms with van der Waals surface area (Å²) in [6, 6.07) is 20.2. The maximum Gasteiger partial charge on any atom is 0.366 e. The number of benzene rings is 3. The molecule has 0 heterocycles. The van der Waals surface area contributed by atoms with Crippen molar-refractivity contribution < 1.29 is 33.5 Å². The van der Waals surface area contributed by atoms with Gasteiger partial charge in [0.15, 0.2) is 0 Å². The van der Waals surface area contributed by atoms with E-state index in [9.17, 15) is 19.2 Å². The van der Waals surface area contributed by atoms with Gasteiger partial charge in [0, 0.05) is 15.4 Å². The highest BCUT2D eigenvalue weighted by Crippen LogP contribution is 2.29. The third-order valence-corrected chi connectivity index (χ3v) is 6.82. The number of ether oxygens (including phenoxy) is 2. The molecule has 0 aliphatic carbocycles. The molecule has 3 aromatic rings. The van der Waals surface area contributed by atoms with Gasteiger partial charge in [-0.2, -0.15) is 0 Å². The van der Waals surface area contributed by atoms with Crippen LogP contribution in [0.4, 0.5) is 0 Å². The minimum absolute atomic E-state index is 0.00399. The van der Waals surface area contributed by atoms with Gasteiger partial charge in [0.2, 0.25) is 5.78 Å². The number of oxime groups is 1. The smallest absolute Gasteiger partial charge is 0.366 e. The van der Waals surface area contributed by atoms with E-state index in [2.05, 4.69) is 5.16 Å². The number of hydrogen-bond acceptors (Lipinski definition) is 9. The number of carbonyl (C=O) groups excluding carboxylic acids is 4. The molecular weight excluding hydrogens is 530 g/mol. The monoisotopic (exact) mass is 561 g/mol. The Bertz CT molecular complexity index is 1380. The minimum Gasteiger partial charge on any atom is -0.462 e. The van der Waals surface area contributed by atoms with E-state index in [1.54, 1.807) is 48.5 Å². The quantitative estimate of drug-likeness (QED) is 0.0595. The lowest BCUT2D eigenvalue weighted by Gasteiger charge is -2.09. The molecule has 0 aliphatic rings. The molecule has 0 spiro atoms. The predicted molar refractivity (Wildman–Crippen MR) is 152 cm³/mol. The Labute approximate surface area is 237 Å². The topological polar surface area (TPSA) is 108 Å². The Morgan fingerprint density at radius 3 is 1.98 bits per heavy atom. The Kier molecular flexibility index (Phi) is 11.2. The minimum atomic E-state index is -0.872. The lowest BCUT2D eigenvalue weighted by Crippen LogP contribution is -2.16. The summed E-state index contributed by atoms with van der Waals surface area (Å²) in [5.41, 5.74) is 0.408. The normalized spacial score (nSPS) is 11.8. The average Bonchev–Trinajstić information content (AvgIpc) is 2.98. The van der Waals surface area contributed by atoms with Gasteiger partial charge in [-0.1, -0.05) is 49.8 Å². The van der Waals surface area contributed by atoms with Gasteiger partial charge in [-0.15, -0.1) is 0 Å². The van der Waals surface area contributed by atoms with Crippen molar-refractivity contribution in [2.75, 3.05) is 6.61 Å². The van der Waals surface area contributed by atoms with E-state index in [4.69, 9.17) is 14.3 Å². The van der Waals surface area contributed by atoms with Crippen molar-refractivity contribution in [3.63, 3.8) is 0 Å². The molecule has 8 nitrogen and oxygen atoms in total. The van der Waals surface area contributed by atoms with Gasteiger partial charge in [0.05, 0.1) is 23.7 Å². The van der Waals surface area contributed by atoms with Crippen LogP contribution in [0.25, 0.3) is 0 Å². The highest BCUT2D eigenvalue weighted by atomic mass is 32.2. The van der Waals surface area contributed by atoms with Crippen LogP contribution in [0.15, 0.2) is 87.7 Å². The molecule has 9 heteroatoms. The van der Waals surface area contributed by atoms with Crippen LogP contribution < -0.4 is 4.74 Å². The summed E-state index contributed by atoms with van der Waals surface area (Å²) in [6.45, 7) is 7.30. The molecule has 40 heavy (non-hydrogen) atoms. The van der Waals surface area contributed by atoms with E-state index in [-0.39, 0.29) is 35.3 Å². The predicted octanol–water partition coefficient (Wildman–Crippen LogP) is 6.77. The zero-order valence-electron chi connectivity index (χ0n) is 22.8. The summed E-state index contributed by atoms with van der Waals surface area (Å²) >= 11 is 1.49. The van der Waals surface area contributed by atoms with Crippen LogP contribution in [-0.2, 0) is 14.4 Å². The van der Waals surface area contributed by atoms with Crippen LogP contribution in [0.3, 0.4) is 0 Å². The van der Waals surface area contributed by atoms with Crippen LogP contribution in [-0.4, -0.2) is 36.0 Å². The van der Waals surface area contributed by atoms with Crippen LogP contribution in [0.5, 0.6) is 5.75 Å². The molecule has 0 saturated heterocycles. The number of esters is 2. The van der Waals surface area contributed by atoms with Gasteiger partial charge in [0.25, 0.3) is 0 Å². The molecule has 0 fully saturated rings. The molecule has 1 unspecified atom stereocenters. The first-order chi connectivity index (χ1) is 19.2. The van der Waals surface area contributed by atoms with Crippen molar-refractivity contribution in [2.24, 2.45) is 11.1 Å². The van der Waals surface area contributed by atoms with Crippen molar-refractivity contribution in [3.05, 3.63) is 89.5 Å². The first kappa shape index (κ1) is 30.3. The number of hydrogen-bond donors (Lipinski definition) is 0. The average molecular weight is 562 g/mol. The second-order valence-corrected chi connectivity index (χ2v) is 10.0. The summed E-state index contributed by atoms with van der Waals surface area (Å²) in [7, 11) is 0. The van der Waals surface area contributed by atoms with Gasteiger partial charge in [0.1, 0.15) is 11.5 Å². The van der Waals surface area contributed by atoms with Crippen molar-refractivity contribution in [2.45, 2.75) is 50.3 Å². The first-order valence-electron chi connectivity index (χ1n) is 12.9. The Balaban J connectivity index is 1.60. The Hall–Kier alpha value is -4.24. The van der Waals surface area contributed by atoms with Crippen LogP contribution in [0.2, 0.25) is 0 Å². The zero-order valence-corrected chi connectivity index (χ0v) is 23.7. The molecule has 0 bridgehead atoms. The second-order valence-electron chi connectivity index (χ2n) is 8.89. The van der Waals surface area contributed by atoms with E-state index >= 15 is 0 Å². The fourth-order valence-electron chi connectivity index (χ4n) is 3.29. The highest BCUT2D eigenvalue weighted by Gasteiger charge is 2.20. The molecule has 3 aromatic carbocycles. The van der Waals surface area contributed by atoms with Gasteiger partial charge in [-0.3, -0.25) is 9.59 Å². The summed E-state index contributed by atoms with van der Waals surface area (Å²) in [4.78, 5) is 56.4. The fourth-order valence-corrected chi connectivity index (χ4v) is 4.11. The number of rotatable bonds is 12. The van der Waals surface area contributed by atoms with Gasteiger partial charge in [-0.25, -0.2) is 9.59 Å². The van der Waals surface area contributed by atoms with Gasteiger partial charge in [-0.05, 0) is 80.4 Å². The van der Waals surface area contributed by atoms with Crippen LogP contribution in [0, 0.1) is 5.92 Å². The molecular formula is C31H31NO7S.